The number of aliphatic hydroxyl groups is 1. The number of aliphatic hydroxyl groups excluding tert-OH is 1. The third kappa shape index (κ3) is 3.77. The molecule has 1 fully saturated rings. The minimum Gasteiger partial charge on any atom is -0.490 e. The van der Waals surface area contributed by atoms with Gasteiger partial charge in [0.05, 0.1) is 6.10 Å². The van der Waals surface area contributed by atoms with Crippen molar-refractivity contribution in [2.75, 3.05) is 6.61 Å². The van der Waals surface area contributed by atoms with Gasteiger partial charge in [0, 0.05) is 5.56 Å². The van der Waals surface area contributed by atoms with Gasteiger partial charge in [-0.3, -0.25) is 0 Å². The highest BCUT2D eigenvalue weighted by molar-refractivity contribution is 5.43. The first-order chi connectivity index (χ1) is 9.60. The summed E-state index contributed by atoms with van der Waals surface area (Å²) in [7, 11) is 0. The molecule has 1 aromatic carbocycles. The van der Waals surface area contributed by atoms with Gasteiger partial charge in [0.2, 0.25) is 0 Å². The average Bonchev–Trinajstić information content (AvgIpc) is 2.43. The van der Waals surface area contributed by atoms with Crippen molar-refractivity contribution in [3.8, 4) is 17.6 Å². The summed E-state index contributed by atoms with van der Waals surface area (Å²) in [5.41, 5.74) is 2.04. The molecule has 0 heterocycles. The number of hydrogen-bond donors (Lipinski definition) is 1. The lowest BCUT2D eigenvalue weighted by Crippen LogP contribution is -2.28. The molecule has 1 aromatic rings. The summed E-state index contributed by atoms with van der Waals surface area (Å²) in [6.45, 7) is 6.60. The molecule has 3 atom stereocenters. The van der Waals surface area contributed by atoms with E-state index < -0.39 is 0 Å². The molecule has 20 heavy (non-hydrogen) atoms. The molecule has 0 amide bonds. The van der Waals surface area contributed by atoms with Crippen LogP contribution in [-0.4, -0.2) is 17.8 Å². The lowest BCUT2D eigenvalue weighted by molar-refractivity contribution is 0.1000. The Bertz CT molecular complexity index is 510. The Morgan fingerprint density at radius 1 is 1.25 bits per heavy atom. The fourth-order valence-electron chi connectivity index (χ4n) is 2.79. The van der Waals surface area contributed by atoms with Crippen molar-refractivity contribution < 1.29 is 9.84 Å². The molecule has 108 valence electrons. The van der Waals surface area contributed by atoms with E-state index >= 15 is 0 Å². The highest BCUT2D eigenvalue weighted by Gasteiger charge is 2.25. The van der Waals surface area contributed by atoms with Crippen LogP contribution in [0, 0.1) is 30.6 Å². The molecule has 0 bridgehead atoms. The first-order valence-corrected chi connectivity index (χ1v) is 7.47. The molecule has 0 spiro atoms. The molecular weight excluding hydrogens is 248 g/mol. The minimum atomic E-state index is -0.102. The average molecular weight is 272 g/mol. The normalized spacial score (nSPS) is 25.7. The Balaban J connectivity index is 2.03. The van der Waals surface area contributed by atoms with Crippen LogP contribution in [0.15, 0.2) is 18.2 Å². The monoisotopic (exact) mass is 272 g/mol. The third-order valence-electron chi connectivity index (χ3n) is 4.33. The number of ether oxygens (including phenoxy) is 1. The molecule has 1 aliphatic rings. The zero-order valence-electron chi connectivity index (χ0n) is 12.6. The molecule has 0 aromatic heterocycles. The summed E-state index contributed by atoms with van der Waals surface area (Å²) in [4.78, 5) is 0. The lowest BCUT2D eigenvalue weighted by atomic mass is 9.80. The van der Waals surface area contributed by atoms with Crippen molar-refractivity contribution >= 4 is 0 Å². The maximum absolute atomic E-state index is 8.72. The molecule has 2 rings (SSSR count). The molecular formula is C18H24O2. The van der Waals surface area contributed by atoms with Crippen molar-refractivity contribution in [2.45, 2.75) is 46.1 Å². The van der Waals surface area contributed by atoms with Gasteiger partial charge in [0.15, 0.2) is 0 Å². The van der Waals surface area contributed by atoms with E-state index in [1.165, 1.54) is 6.42 Å². The van der Waals surface area contributed by atoms with Crippen LogP contribution in [0.2, 0.25) is 0 Å². The predicted molar refractivity (Wildman–Crippen MR) is 81.7 cm³/mol. The highest BCUT2D eigenvalue weighted by Crippen LogP contribution is 2.32. The van der Waals surface area contributed by atoms with Gasteiger partial charge < -0.3 is 9.84 Å². The zero-order chi connectivity index (χ0) is 14.5. The van der Waals surface area contributed by atoms with Gasteiger partial charge >= 0.3 is 0 Å². The van der Waals surface area contributed by atoms with Crippen LogP contribution in [0.4, 0.5) is 0 Å². The molecule has 3 unspecified atom stereocenters. The molecule has 2 heteroatoms. The highest BCUT2D eigenvalue weighted by atomic mass is 16.5. The van der Waals surface area contributed by atoms with E-state index in [0.717, 1.165) is 41.6 Å². The van der Waals surface area contributed by atoms with Crippen LogP contribution < -0.4 is 4.74 Å². The predicted octanol–water partition coefficient (Wildman–Crippen LogP) is 3.54. The van der Waals surface area contributed by atoms with Crippen LogP contribution in [0.3, 0.4) is 0 Å². The first-order valence-electron chi connectivity index (χ1n) is 7.47. The molecule has 0 saturated heterocycles. The summed E-state index contributed by atoms with van der Waals surface area (Å²) in [6, 6.07) is 5.98. The van der Waals surface area contributed by atoms with Crippen LogP contribution in [0.5, 0.6) is 5.75 Å². The molecule has 1 aliphatic carbocycles. The van der Waals surface area contributed by atoms with Crippen molar-refractivity contribution in [1.82, 2.24) is 0 Å². The van der Waals surface area contributed by atoms with E-state index in [0.29, 0.717) is 6.10 Å². The second-order valence-electron chi connectivity index (χ2n) is 5.95. The second-order valence-corrected chi connectivity index (χ2v) is 5.95. The molecule has 0 aliphatic heterocycles. The summed E-state index contributed by atoms with van der Waals surface area (Å²) >= 11 is 0. The smallest absolute Gasteiger partial charge is 0.122 e. The summed E-state index contributed by atoms with van der Waals surface area (Å²) < 4.78 is 6.17. The third-order valence-corrected chi connectivity index (χ3v) is 4.33. The van der Waals surface area contributed by atoms with Crippen LogP contribution in [0.25, 0.3) is 0 Å². The first kappa shape index (κ1) is 14.9. The molecule has 2 nitrogen and oxygen atoms in total. The van der Waals surface area contributed by atoms with Crippen LogP contribution in [-0.2, 0) is 0 Å². The van der Waals surface area contributed by atoms with Gasteiger partial charge in [0.1, 0.15) is 12.4 Å². The van der Waals surface area contributed by atoms with Gasteiger partial charge in [-0.15, -0.1) is 0 Å². The Hall–Kier alpha value is -1.46. The van der Waals surface area contributed by atoms with Gasteiger partial charge in [-0.1, -0.05) is 25.7 Å². The second kappa shape index (κ2) is 6.81. The van der Waals surface area contributed by atoms with E-state index in [4.69, 9.17) is 9.84 Å². The Labute approximate surface area is 122 Å². The standard InChI is InChI=1S/C18H24O2/c1-13-6-8-17(12-14(13)2)20-18-9-7-16(5-4-10-19)11-15(18)3/h7,9,11,13-14,17,19H,6,8,10,12H2,1-3H3. The Kier molecular flexibility index (Phi) is 5.09. The number of benzene rings is 1. The van der Waals surface area contributed by atoms with Crippen molar-refractivity contribution in [2.24, 2.45) is 11.8 Å². The van der Waals surface area contributed by atoms with E-state index in [-0.39, 0.29) is 6.61 Å². The van der Waals surface area contributed by atoms with E-state index in [9.17, 15) is 0 Å². The summed E-state index contributed by atoms with van der Waals surface area (Å²) in [5.74, 6) is 8.11. The lowest BCUT2D eigenvalue weighted by Gasteiger charge is -2.32. The van der Waals surface area contributed by atoms with Crippen molar-refractivity contribution in [1.29, 1.82) is 0 Å². The van der Waals surface area contributed by atoms with Gasteiger partial charge in [-0.05, 0) is 61.8 Å². The largest absolute Gasteiger partial charge is 0.490 e. The molecule has 1 saturated carbocycles. The SMILES string of the molecule is Cc1cc(C#CCO)ccc1OC1CCC(C)C(C)C1. The van der Waals surface area contributed by atoms with E-state index in [1.807, 2.05) is 25.1 Å². The quantitative estimate of drug-likeness (QED) is 0.834. The van der Waals surface area contributed by atoms with Crippen LogP contribution >= 0.6 is 0 Å². The number of hydrogen-bond acceptors (Lipinski definition) is 2. The maximum atomic E-state index is 8.72. The van der Waals surface area contributed by atoms with Crippen LogP contribution in [0.1, 0.15) is 44.2 Å². The molecule has 0 radical (unpaired) electrons. The van der Waals surface area contributed by atoms with E-state index in [2.05, 4.69) is 25.7 Å². The fraction of sp³-hybridized carbons (Fsp3) is 0.556. The van der Waals surface area contributed by atoms with Gasteiger partial charge in [-0.2, -0.15) is 0 Å². The fourth-order valence-corrected chi connectivity index (χ4v) is 2.79. The van der Waals surface area contributed by atoms with E-state index in [1.54, 1.807) is 0 Å². The maximum Gasteiger partial charge on any atom is 0.122 e. The van der Waals surface area contributed by atoms with Gasteiger partial charge in [-0.25, -0.2) is 0 Å². The van der Waals surface area contributed by atoms with Gasteiger partial charge in [0.25, 0.3) is 0 Å². The van der Waals surface area contributed by atoms with Crippen molar-refractivity contribution in [3.05, 3.63) is 29.3 Å². The minimum absolute atomic E-state index is 0.102. The Morgan fingerprint density at radius 3 is 2.70 bits per heavy atom. The number of aryl methyl sites for hydroxylation is 1. The number of rotatable bonds is 2. The molecule has 1 N–H and O–H groups in total. The summed E-state index contributed by atoms with van der Waals surface area (Å²) in [6.07, 6.45) is 3.89. The van der Waals surface area contributed by atoms with Crippen molar-refractivity contribution in [3.63, 3.8) is 0 Å². The summed E-state index contributed by atoms with van der Waals surface area (Å²) in [5, 5.41) is 8.72. The zero-order valence-corrected chi connectivity index (χ0v) is 12.6. The topological polar surface area (TPSA) is 29.5 Å². The Morgan fingerprint density at radius 2 is 2.05 bits per heavy atom.